The third kappa shape index (κ3) is 1.21. The lowest BCUT2D eigenvalue weighted by molar-refractivity contribution is 0.112. The van der Waals surface area contributed by atoms with Crippen LogP contribution in [0.15, 0.2) is 18.3 Å². The van der Waals surface area contributed by atoms with Crippen molar-refractivity contribution in [3.05, 3.63) is 28.4 Å². The highest BCUT2D eigenvalue weighted by atomic mass is 35.5. The average molecular weight is 198 g/mol. The highest BCUT2D eigenvalue weighted by Gasteiger charge is 2.01. The minimum Gasteiger partial charge on any atom is -0.297 e. The van der Waals surface area contributed by atoms with Crippen LogP contribution in [0, 0.1) is 0 Å². The zero-order valence-electron chi connectivity index (χ0n) is 5.95. The van der Waals surface area contributed by atoms with Gasteiger partial charge in [0.2, 0.25) is 0 Å². The van der Waals surface area contributed by atoms with Crippen molar-refractivity contribution in [3.8, 4) is 0 Å². The average Bonchev–Trinajstić information content (AvgIpc) is 2.46. The minimum absolute atomic E-state index is 0.460. The Bertz CT molecular complexity index is 438. The third-order valence-corrected chi connectivity index (χ3v) is 2.73. The topological polar surface area (TPSA) is 30.0 Å². The Labute approximate surface area is 77.8 Å². The molecule has 0 atom stereocenters. The lowest BCUT2D eigenvalue weighted by Gasteiger charge is -1.87. The van der Waals surface area contributed by atoms with E-state index in [4.69, 9.17) is 11.6 Å². The molecule has 0 amide bonds. The molecule has 4 heteroatoms. The summed E-state index contributed by atoms with van der Waals surface area (Å²) in [7, 11) is 0. The van der Waals surface area contributed by atoms with Gasteiger partial charge in [0.1, 0.15) is 5.15 Å². The summed E-state index contributed by atoms with van der Waals surface area (Å²) >= 11 is 7.10. The predicted octanol–water partition coefficient (Wildman–Crippen LogP) is 2.76. The second-order valence-corrected chi connectivity index (χ2v) is 3.81. The van der Waals surface area contributed by atoms with Crippen LogP contribution in [0.4, 0.5) is 0 Å². The van der Waals surface area contributed by atoms with Gasteiger partial charge in [-0.05, 0) is 12.1 Å². The van der Waals surface area contributed by atoms with E-state index in [0.717, 1.165) is 16.4 Å². The molecule has 60 valence electrons. The first-order chi connectivity index (χ1) is 5.79. The van der Waals surface area contributed by atoms with Gasteiger partial charge in [-0.3, -0.25) is 4.79 Å². The first-order valence-electron chi connectivity index (χ1n) is 3.30. The van der Waals surface area contributed by atoms with E-state index in [2.05, 4.69) is 4.98 Å². The fourth-order valence-electron chi connectivity index (χ4n) is 0.988. The van der Waals surface area contributed by atoms with Gasteiger partial charge in [-0.2, -0.15) is 0 Å². The molecule has 0 unspecified atom stereocenters. The Hall–Kier alpha value is -0.930. The molecule has 0 bridgehead atoms. The van der Waals surface area contributed by atoms with E-state index in [1.54, 1.807) is 18.3 Å². The number of hydrogen-bond acceptors (Lipinski definition) is 3. The predicted molar refractivity (Wildman–Crippen MR) is 50.0 cm³/mol. The molecule has 2 aromatic rings. The summed E-state index contributed by atoms with van der Waals surface area (Å²) < 4.78 is 0.997. The molecule has 0 aliphatic rings. The second-order valence-electron chi connectivity index (χ2n) is 2.31. The van der Waals surface area contributed by atoms with Crippen molar-refractivity contribution >= 4 is 39.3 Å². The summed E-state index contributed by atoms with van der Waals surface area (Å²) in [5.41, 5.74) is 0. The molecule has 0 N–H and O–H groups in total. The van der Waals surface area contributed by atoms with Crippen molar-refractivity contribution in [1.29, 1.82) is 0 Å². The molecule has 0 aliphatic heterocycles. The summed E-state index contributed by atoms with van der Waals surface area (Å²) in [6, 6.07) is 3.56. The molecular formula is C8H4ClNOS. The van der Waals surface area contributed by atoms with Gasteiger partial charge in [0, 0.05) is 16.3 Å². The van der Waals surface area contributed by atoms with Crippen molar-refractivity contribution in [1.82, 2.24) is 4.98 Å². The van der Waals surface area contributed by atoms with E-state index in [1.807, 2.05) is 0 Å². The summed E-state index contributed by atoms with van der Waals surface area (Å²) in [4.78, 5) is 15.0. The monoisotopic (exact) mass is 197 g/mol. The van der Waals surface area contributed by atoms with Crippen LogP contribution in [0.5, 0.6) is 0 Å². The molecule has 2 nitrogen and oxygen atoms in total. The van der Waals surface area contributed by atoms with Gasteiger partial charge in [-0.15, -0.1) is 11.3 Å². The summed E-state index contributed by atoms with van der Waals surface area (Å²) in [5, 5.41) is 1.42. The number of pyridine rings is 1. The molecule has 12 heavy (non-hydrogen) atoms. The summed E-state index contributed by atoms with van der Waals surface area (Å²) in [5.74, 6) is 0. The van der Waals surface area contributed by atoms with Crippen LogP contribution in [-0.2, 0) is 0 Å². The molecular weight excluding hydrogens is 194 g/mol. The zero-order chi connectivity index (χ0) is 8.55. The molecule has 0 radical (unpaired) electrons. The second kappa shape index (κ2) is 2.84. The molecule has 0 saturated carbocycles. The standard InChI is InChI=1S/C8H4ClNOS/c9-8-2-7-5(3-10-8)1-6(4-11)12-7/h1-4H. The molecule has 2 rings (SSSR count). The largest absolute Gasteiger partial charge is 0.297 e. The number of rotatable bonds is 1. The smallest absolute Gasteiger partial charge is 0.160 e. The number of hydrogen-bond donors (Lipinski definition) is 0. The van der Waals surface area contributed by atoms with E-state index >= 15 is 0 Å². The Morgan fingerprint density at radius 2 is 2.33 bits per heavy atom. The van der Waals surface area contributed by atoms with Crippen molar-refractivity contribution in [2.24, 2.45) is 0 Å². The van der Waals surface area contributed by atoms with E-state index < -0.39 is 0 Å². The Morgan fingerprint density at radius 3 is 3.08 bits per heavy atom. The fourth-order valence-corrected chi connectivity index (χ4v) is 2.10. The van der Waals surface area contributed by atoms with Gasteiger partial charge in [0.15, 0.2) is 6.29 Å². The molecule has 0 saturated heterocycles. The molecule has 0 aromatic carbocycles. The van der Waals surface area contributed by atoms with Gasteiger partial charge in [-0.25, -0.2) is 4.98 Å². The van der Waals surface area contributed by atoms with Crippen molar-refractivity contribution < 1.29 is 4.79 Å². The van der Waals surface area contributed by atoms with Crippen LogP contribution in [0.3, 0.4) is 0 Å². The highest BCUT2D eigenvalue weighted by Crippen LogP contribution is 2.25. The van der Waals surface area contributed by atoms with Crippen LogP contribution >= 0.6 is 22.9 Å². The van der Waals surface area contributed by atoms with Gasteiger partial charge in [0.25, 0.3) is 0 Å². The Kier molecular flexibility index (Phi) is 1.83. The van der Waals surface area contributed by atoms with Crippen molar-refractivity contribution in [2.75, 3.05) is 0 Å². The Morgan fingerprint density at radius 1 is 1.50 bits per heavy atom. The zero-order valence-corrected chi connectivity index (χ0v) is 7.52. The van der Waals surface area contributed by atoms with Crippen LogP contribution in [0.25, 0.3) is 10.1 Å². The number of carbonyl (C=O) groups is 1. The van der Waals surface area contributed by atoms with Crippen molar-refractivity contribution in [3.63, 3.8) is 0 Å². The lowest BCUT2D eigenvalue weighted by Crippen LogP contribution is -1.70. The number of nitrogens with zero attached hydrogens (tertiary/aromatic N) is 1. The van der Waals surface area contributed by atoms with Crippen LogP contribution in [-0.4, -0.2) is 11.3 Å². The van der Waals surface area contributed by atoms with Crippen LogP contribution < -0.4 is 0 Å². The first kappa shape index (κ1) is 7.71. The van der Waals surface area contributed by atoms with E-state index in [9.17, 15) is 4.79 Å². The number of aromatic nitrogens is 1. The summed E-state index contributed by atoms with van der Waals surface area (Å²) in [6.07, 6.45) is 2.50. The highest BCUT2D eigenvalue weighted by molar-refractivity contribution is 7.20. The molecule has 0 spiro atoms. The number of aldehydes is 1. The maximum atomic E-state index is 10.4. The molecule has 0 aliphatic carbocycles. The van der Waals surface area contributed by atoms with Gasteiger partial charge < -0.3 is 0 Å². The third-order valence-electron chi connectivity index (χ3n) is 1.50. The van der Waals surface area contributed by atoms with E-state index in [0.29, 0.717) is 10.0 Å². The normalized spacial score (nSPS) is 10.4. The summed E-state index contributed by atoms with van der Waals surface area (Å²) in [6.45, 7) is 0. The quantitative estimate of drug-likeness (QED) is 0.520. The number of fused-ring (bicyclic) bond motifs is 1. The van der Waals surface area contributed by atoms with Gasteiger partial charge in [-0.1, -0.05) is 11.6 Å². The van der Waals surface area contributed by atoms with Gasteiger partial charge >= 0.3 is 0 Å². The lowest BCUT2D eigenvalue weighted by atomic mass is 10.3. The van der Waals surface area contributed by atoms with E-state index in [-0.39, 0.29) is 0 Å². The van der Waals surface area contributed by atoms with Gasteiger partial charge in [0.05, 0.1) is 4.88 Å². The Balaban J connectivity index is 2.75. The molecule has 0 fully saturated rings. The first-order valence-corrected chi connectivity index (χ1v) is 4.49. The minimum atomic E-state index is 0.460. The molecule has 2 heterocycles. The maximum absolute atomic E-state index is 10.4. The number of carbonyl (C=O) groups excluding carboxylic acids is 1. The number of halogens is 1. The van der Waals surface area contributed by atoms with Crippen molar-refractivity contribution in [2.45, 2.75) is 0 Å². The molecule has 2 aromatic heterocycles. The van der Waals surface area contributed by atoms with E-state index in [1.165, 1.54) is 11.3 Å². The fraction of sp³-hybridized carbons (Fsp3) is 0. The van der Waals surface area contributed by atoms with Crippen LogP contribution in [0.1, 0.15) is 9.67 Å². The SMILES string of the molecule is O=Cc1cc2cnc(Cl)cc2s1. The maximum Gasteiger partial charge on any atom is 0.160 e. The van der Waals surface area contributed by atoms with Crippen LogP contribution in [0.2, 0.25) is 5.15 Å². The number of thiophene rings is 1.